The number of aromatic nitrogens is 2. The van der Waals surface area contributed by atoms with E-state index in [4.69, 9.17) is 0 Å². The quantitative estimate of drug-likeness (QED) is 0.930. The van der Waals surface area contributed by atoms with Crippen LogP contribution in [0.5, 0.6) is 5.75 Å². The molecule has 1 aromatic carbocycles. The Morgan fingerprint density at radius 1 is 1.21 bits per heavy atom. The van der Waals surface area contributed by atoms with Crippen molar-refractivity contribution in [3.8, 4) is 17.0 Å². The summed E-state index contributed by atoms with van der Waals surface area (Å²) in [7, 11) is 1.68. The van der Waals surface area contributed by atoms with Crippen LogP contribution in [0.2, 0.25) is 0 Å². The summed E-state index contributed by atoms with van der Waals surface area (Å²) >= 11 is 0. The molecule has 0 saturated carbocycles. The molecule has 4 nitrogen and oxygen atoms in total. The minimum Gasteiger partial charge on any atom is -0.406 e. The van der Waals surface area contributed by atoms with E-state index in [2.05, 4.69) is 20.0 Å². The van der Waals surface area contributed by atoms with Crippen molar-refractivity contribution in [1.29, 1.82) is 0 Å². The lowest BCUT2D eigenvalue weighted by molar-refractivity contribution is -0.274. The maximum absolute atomic E-state index is 12.1. The molecular weight excluding hydrogens is 259 g/mol. The SMILES string of the molecule is CNc1cncc(-c2cccc(OC(F)(F)F)c2)n1. The van der Waals surface area contributed by atoms with Crippen LogP contribution in [0.25, 0.3) is 11.3 Å². The van der Waals surface area contributed by atoms with Gasteiger partial charge in [0.15, 0.2) is 0 Å². The summed E-state index contributed by atoms with van der Waals surface area (Å²) in [6, 6.07) is 5.58. The van der Waals surface area contributed by atoms with Crippen LogP contribution in [-0.4, -0.2) is 23.4 Å². The molecule has 0 atom stereocenters. The second-order valence-electron chi connectivity index (χ2n) is 3.62. The molecule has 1 N–H and O–H groups in total. The van der Waals surface area contributed by atoms with E-state index in [0.29, 0.717) is 17.1 Å². The number of alkyl halides is 3. The zero-order valence-corrected chi connectivity index (χ0v) is 9.90. The first-order chi connectivity index (χ1) is 8.98. The molecule has 0 aliphatic rings. The molecule has 0 spiro atoms. The Labute approximate surface area is 107 Å². The van der Waals surface area contributed by atoms with Crippen molar-refractivity contribution < 1.29 is 17.9 Å². The largest absolute Gasteiger partial charge is 0.573 e. The first kappa shape index (κ1) is 13.1. The fourth-order valence-electron chi connectivity index (χ4n) is 1.48. The molecule has 0 saturated heterocycles. The van der Waals surface area contributed by atoms with Gasteiger partial charge in [-0.3, -0.25) is 4.98 Å². The Morgan fingerprint density at radius 2 is 2.00 bits per heavy atom. The fourth-order valence-corrected chi connectivity index (χ4v) is 1.48. The molecule has 0 bridgehead atoms. The number of rotatable bonds is 3. The summed E-state index contributed by atoms with van der Waals surface area (Å²) in [5.74, 6) is 0.237. The third-order valence-electron chi connectivity index (χ3n) is 2.25. The van der Waals surface area contributed by atoms with Crippen LogP contribution in [0, 0.1) is 0 Å². The van der Waals surface area contributed by atoms with Crippen LogP contribution >= 0.6 is 0 Å². The molecule has 19 heavy (non-hydrogen) atoms. The Kier molecular flexibility index (Phi) is 3.55. The number of benzene rings is 1. The highest BCUT2D eigenvalue weighted by molar-refractivity contribution is 5.61. The van der Waals surface area contributed by atoms with Gasteiger partial charge in [-0.1, -0.05) is 12.1 Å². The van der Waals surface area contributed by atoms with Crippen LogP contribution in [0.15, 0.2) is 36.7 Å². The van der Waals surface area contributed by atoms with Gasteiger partial charge in [-0.25, -0.2) is 4.98 Å². The Morgan fingerprint density at radius 3 is 2.68 bits per heavy atom. The van der Waals surface area contributed by atoms with Gasteiger partial charge in [0.05, 0.1) is 18.1 Å². The molecule has 1 aromatic heterocycles. The smallest absolute Gasteiger partial charge is 0.406 e. The van der Waals surface area contributed by atoms with Crippen LogP contribution < -0.4 is 10.1 Å². The van der Waals surface area contributed by atoms with E-state index in [0.717, 1.165) is 0 Å². The predicted molar refractivity (Wildman–Crippen MR) is 63.7 cm³/mol. The van der Waals surface area contributed by atoms with Gasteiger partial charge in [-0.2, -0.15) is 0 Å². The Hall–Kier alpha value is -2.31. The van der Waals surface area contributed by atoms with Gasteiger partial charge in [-0.05, 0) is 12.1 Å². The number of nitrogens with zero attached hydrogens (tertiary/aromatic N) is 2. The third-order valence-corrected chi connectivity index (χ3v) is 2.25. The van der Waals surface area contributed by atoms with Crippen molar-refractivity contribution >= 4 is 5.82 Å². The normalized spacial score (nSPS) is 11.2. The van der Waals surface area contributed by atoms with Crippen molar-refractivity contribution in [1.82, 2.24) is 9.97 Å². The van der Waals surface area contributed by atoms with Gasteiger partial charge in [0.2, 0.25) is 0 Å². The fraction of sp³-hybridized carbons (Fsp3) is 0.167. The molecule has 0 unspecified atom stereocenters. The number of hydrogen-bond donors (Lipinski definition) is 1. The Bertz CT molecular complexity index is 572. The predicted octanol–water partition coefficient (Wildman–Crippen LogP) is 3.08. The van der Waals surface area contributed by atoms with Crippen molar-refractivity contribution in [2.45, 2.75) is 6.36 Å². The molecule has 0 aliphatic heterocycles. The molecule has 0 aliphatic carbocycles. The number of ether oxygens (including phenoxy) is 1. The number of nitrogens with one attached hydrogen (secondary N) is 1. The molecule has 0 fully saturated rings. The van der Waals surface area contributed by atoms with Crippen LogP contribution in [0.1, 0.15) is 0 Å². The average molecular weight is 269 g/mol. The van der Waals surface area contributed by atoms with Crippen LogP contribution in [0.3, 0.4) is 0 Å². The third kappa shape index (κ3) is 3.57. The van der Waals surface area contributed by atoms with E-state index in [1.807, 2.05) is 0 Å². The summed E-state index contributed by atoms with van der Waals surface area (Å²) in [5, 5.41) is 2.81. The first-order valence-electron chi connectivity index (χ1n) is 5.34. The number of anilines is 1. The van der Waals surface area contributed by atoms with Crippen molar-refractivity contribution in [3.63, 3.8) is 0 Å². The van der Waals surface area contributed by atoms with Gasteiger partial charge >= 0.3 is 6.36 Å². The van der Waals surface area contributed by atoms with Gasteiger partial charge < -0.3 is 10.1 Å². The van der Waals surface area contributed by atoms with E-state index < -0.39 is 6.36 Å². The molecule has 0 amide bonds. The maximum atomic E-state index is 12.1. The lowest BCUT2D eigenvalue weighted by Gasteiger charge is -2.10. The molecule has 2 aromatic rings. The first-order valence-corrected chi connectivity index (χ1v) is 5.34. The van der Waals surface area contributed by atoms with Crippen molar-refractivity contribution in [3.05, 3.63) is 36.7 Å². The summed E-state index contributed by atoms with van der Waals surface area (Å²) in [4.78, 5) is 8.14. The lowest BCUT2D eigenvalue weighted by atomic mass is 10.1. The minimum atomic E-state index is -4.71. The highest BCUT2D eigenvalue weighted by Gasteiger charge is 2.31. The second kappa shape index (κ2) is 5.13. The highest BCUT2D eigenvalue weighted by atomic mass is 19.4. The molecule has 7 heteroatoms. The molecule has 2 rings (SSSR count). The van der Waals surface area contributed by atoms with Gasteiger partial charge in [-0.15, -0.1) is 13.2 Å². The number of hydrogen-bond acceptors (Lipinski definition) is 4. The zero-order chi connectivity index (χ0) is 13.9. The maximum Gasteiger partial charge on any atom is 0.573 e. The van der Waals surface area contributed by atoms with Gasteiger partial charge in [0, 0.05) is 12.6 Å². The summed E-state index contributed by atoms with van der Waals surface area (Å²) in [6.45, 7) is 0. The monoisotopic (exact) mass is 269 g/mol. The zero-order valence-electron chi connectivity index (χ0n) is 9.90. The van der Waals surface area contributed by atoms with E-state index in [-0.39, 0.29) is 5.75 Å². The van der Waals surface area contributed by atoms with Gasteiger partial charge in [0.25, 0.3) is 0 Å². The Balaban J connectivity index is 2.32. The average Bonchev–Trinajstić information content (AvgIpc) is 2.37. The van der Waals surface area contributed by atoms with Crippen LogP contribution in [-0.2, 0) is 0 Å². The lowest BCUT2D eigenvalue weighted by Crippen LogP contribution is -2.17. The molecule has 100 valence electrons. The second-order valence-corrected chi connectivity index (χ2v) is 3.62. The standard InChI is InChI=1S/C12H10F3N3O/c1-16-11-7-17-6-10(18-11)8-3-2-4-9(5-8)19-12(13,14)15/h2-7H,1H3,(H,16,18). The molecular formula is C12H10F3N3O. The number of halogens is 3. The summed E-state index contributed by atoms with van der Waals surface area (Å²) < 4.78 is 40.3. The van der Waals surface area contributed by atoms with E-state index in [1.54, 1.807) is 13.1 Å². The van der Waals surface area contributed by atoms with Crippen LogP contribution in [0.4, 0.5) is 19.0 Å². The minimum absolute atomic E-state index is 0.290. The van der Waals surface area contributed by atoms with Crippen molar-refractivity contribution in [2.75, 3.05) is 12.4 Å². The molecule has 0 radical (unpaired) electrons. The van der Waals surface area contributed by atoms with E-state index >= 15 is 0 Å². The van der Waals surface area contributed by atoms with E-state index in [1.165, 1.54) is 30.6 Å². The van der Waals surface area contributed by atoms with Crippen molar-refractivity contribution in [2.24, 2.45) is 0 Å². The van der Waals surface area contributed by atoms with Gasteiger partial charge in [0.1, 0.15) is 11.6 Å². The topological polar surface area (TPSA) is 47.0 Å². The highest BCUT2D eigenvalue weighted by Crippen LogP contribution is 2.27. The van der Waals surface area contributed by atoms with E-state index in [9.17, 15) is 13.2 Å². The summed E-state index contributed by atoms with van der Waals surface area (Å²) in [6.07, 6.45) is -1.73. The summed E-state index contributed by atoms with van der Waals surface area (Å²) in [5.41, 5.74) is 0.950. The molecule has 1 heterocycles.